The Morgan fingerprint density at radius 1 is 1.20 bits per heavy atom. The van der Waals surface area contributed by atoms with Crippen LogP contribution in [-0.2, 0) is 6.42 Å². The molecule has 0 atom stereocenters. The van der Waals surface area contributed by atoms with Gasteiger partial charge in [-0.05, 0) is 52.0 Å². The summed E-state index contributed by atoms with van der Waals surface area (Å²) in [4.78, 5) is 21.5. The van der Waals surface area contributed by atoms with E-state index in [1.807, 2.05) is 38.1 Å². The van der Waals surface area contributed by atoms with Crippen LogP contribution in [0.3, 0.4) is 0 Å². The van der Waals surface area contributed by atoms with E-state index in [-0.39, 0.29) is 11.9 Å². The number of nitrogens with zero attached hydrogens (tertiary/aromatic N) is 3. The van der Waals surface area contributed by atoms with Crippen molar-refractivity contribution in [1.29, 1.82) is 0 Å². The molecular weight excluding hydrogens is 312 g/mol. The second-order valence-electron chi connectivity index (χ2n) is 6.72. The molecule has 5 nitrogen and oxygen atoms in total. The molecule has 0 saturated heterocycles. The molecule has 5 heteroatoms. The number of nitrogens with one attached hydrogen (secondary N) is 1. The van der Waals surface area contributed by atoms with Crippen molar-refractivity contribution in [3.63, 3.8) is 0 Å². The van der Waals surface area contributed by atoms with Crippen LogP contribution in [0.4, 0.5) is 0 Å². The topological polar surface area (TPSA) is 59.8 Å². The standard InChI is InChI=1S/C20H24N4O/c1-13(2)24-18(23-17-6-5-8-21-19(17)24)7-9-22-20(25)16-11-14(3)10-15(4)12-16/h5-6,8,10-13H,7,9H2,1-4H3,(H,22,25). The third-order valence-corrected chi connectivity index (χ3v) is 4.16. The second kappa shape index (κ2) is 7.05. The van der Waals surface area contributed by atoms with Crippen molar-refractivity contribution in [3.05, 3.63) is 59.0 Å². The van der Waals surface area contributed by atoms with Crippen LogP contribution >= 0.6 is 0 Å². The molecule has 0 aliphatic heterocycles. The van der Waals surface area contributed by atoms with Gasteiger partial charge in [0.25, 0.3) is 5.91 Å². The fourth-order valence-electron chi connectivity index (χ4n) is 3.19. The summed E-state index contributed by atoms with van der Waals surface area (Å²) >= 11 is 0. The molecule has 1 amide bonds. The summed E-state index contributed by atoms with van der Waals surface area (Å²) in [6.07, 6.45) is 2.46. The maximum Gasteiger partial charge on any atom is 0.251 e. The lowest BCUT2D eigenvalue weighted by Gasteiger charge is -2.12. The highest BCUT2D eigenvalue weighted by Crippen LogP contribution is 2.19. The quantitative estimate of drug-likeness (QED) is 0.774. The first kappa shape index (κ1) is 17.1. The summed E-state index contributed by atoms with van der Waals surface area (Å²) in [5, 5.41) is 3.00. The number of hydrogen-bond donors (Lipinski definition) is 1. The van der Waals surface area contributed by atoms with Crippen LogP contribution < -0.4 is 5.32 Å². The van der Waals surface area contributed by atoms with E-state index in [9.17, 15) is 4.79 Å². The number of benzene rings is 1. The Balaban J connectivity index is 1.72. The van der Waals surface area contributed by atoms with E-state index in [1.54, 1.807) is 6.20 Å². The molecule has 0 aliphatic rings. The lowest BCUT2D eigenvalue weighted by molar-refractivity contribution is 0.0953. The highest BCUT2D eigenvalue weighted by atomic mass is 16.1. The first-order valence-corrected chi connectivity index (χ1v) is 8.64. The zero-order valence-electron chi connectivity index (χ0n) is 15.2. The summed E-state index contributed by atoms with van der Waals surface area (Å²) in [5.41, 5.74) is 4.69. The normalized spacial score (nSPS) is 11.2. The zero-order valence-corrected chi connectivity index (χ0v) is 15.2. The lowest BCUT2D eigenvalue weighted by Crippen LogP contribution is -2.26. The van der Waals surface area contributed by atoms with Crippen LogP contribution in [0.5, 0.6) is 0 Å². The average Bonchev–Trinajstić information content (AvgIpc) is 2.92. The minimum absolute atomic E-state index is 0.0443. The fraction of sp³-hybridized carbons (Fsp3) is 0.350. The highest BCUT2D eigenvalue weighted by Gasteiger charge is 2.14. The van der Waals surface area contributed by atoms with Gasteiger partial charge in [-0.15, -0.1) is 0 Å². The monoisotopic (exact) mass is 336 g/mol. The lowest BCUT2D eigenvalue weighted by atomic mass is 10.1. The number of aryl methyl sites for hydroxylation is 2. The molecule has 0 unspecified atom stereocenters. The number of carbonyl (C=O) groups is 1. The largest absolute Gasteiger partial charge is 0.352 e. The van der Waals surface area contributed by atoms with E-state index < -0.39 is 0 Å². The number of aromatic nitrogens is 3. The molecule has 2 aromatic heterocycles. The van der Waals surface area contributed by atoms with Gasteiger partial charge >= 0.3 is 0 Å². The first-order chi connectivity index (χ1) is 12.0. The van der Waals surface area contributed by atoms with Gasteiger partial charge in [-0.1, -0.05) is 17.2 Å². The van der Waals surface area contributed by atoms with Gasteiger partial charge in [-0.3, -0.25) is 4.79 Å². The van der Waals surface area contributed by atoms with E-state index in [0.717, 1.165) is 28.1 Å². The molecule has 0 spiro atoms. The Hall–Kier alpha value is -2.69. The molecule has 3 rings (SSSR count). The second-order valence-corrected chi connectivity index (χ2v) is 6.72. The predicted molar refractivity (Wildman–Crippen MR) is 99.9 cm³/mol. The van der Waals surface area contributed by atoms with E-state index >= 15 is 0 Å². The summed E-state index contributed by atoms with van der Waals surface area (Å²) < 4.78 is 2.14. The summed E-state index contributed by atoms with van der Waals surface area (Å²) in [5.74, 6) is 0.904. The summed E-state index contributed by atoms with van der Waals surface area (Å²) in [6.45, 7) is 8.78. The van der Waals surface area contributed by atoms with Gasteiger partial charge < -0.3 is 9.88 Å². The fourth-order valence-corrected chi connectivity index (χ4v) is 3.19. The smallest absolute Gasteiger partial charge is 0.251 e. The third-order valence-electron chi connectivity index (χ3n) is 4.16. The van der Waals surface area contributed by atoms with Crippen LogP contribution in [0.1, 0.15) is 47.2 Å². The number of pyridine rings is 1. The number of rotatable bonds is 5. The van der Waals surface area contributed by atoms with Gasteiger partial charge in [0.1, 0.15) is 11.3 Å². The number of fused-ring (bicyclic) bond motifs is 1. The molecule has 130 valence electrons. The molecule has 1 aromatic carbocycles. The van der Waals surface area contributed by atoms with E-state index in [0.29, 0.717) is 18.5 Å². The Kier molecular flexibility index (Phi) is 4.83. The molecule has 0 fully saturated rings. The van der Waals surface area contributed by atoms with Crippen molar-refractivity contribution >= 4 is 17.1 Å². The highest BCUT2D eigenvalue weighted by molar-refractivity contribution is 5.94. The van der Waals surface area contributed by atoms with Crippen molar-refractivity contribution in [1.82, 2.24) is 19.9 Å². The number of imidazole rings is 1. The average molecular weight is 336 g/mol. The van der Waals surface area contributed by atoms with E-state index in [1.165, 1.54) is 0 Å². The van der Waals surface area contributed by atoms with Crippen LogP contribution in [0.25, 0.3) is 11.2 Å². The van der Waals surface area contributed by atoms with Gasteiger partial charge in [0.05, 0.1) is 0 Å². The molecule has 0 saturated carbocycles. The molecule has 25 heavy (non-hydrogen) atoms. The Labute approximate surface area is 148 Å². The van der Waals surface area contributed by atoms with Crippen molar-refractivity contribution in [2.24, 2.45) is 0 Å². The van der Waals surface area contributed by atoms with Gasteiger partial charge in [0, 0.05) is 30.8 Å². The summed E-state index contributed by atoms with van der Waals surface area (Å²) in [6, 6.07) is 10.0. The Morgan fingerprint density at radius 3 is 2.60 bits per heavy atom. The van der Waals surface area contributed by atoms with Crippen molar-refractivity contribution in [2.75, 3.05) is 6.54 Å². The number of carbonyl (C=O) groups excluding carboxylic acids is 1. The molecule has 2 heterocycles. The van der Waals surface area contributed by atoms with Crippen molar-refractivity contribution in [3.8, 4) is 0 Å². The van der Waals surface area contributed by atoms with Crippen LogP contribution in [0, 0.1) is 13.8 Å². The van der Waals surface area contributed by atoms with Crippen molar-refractivity contribution < 1.29 is 4.79 Å². The number of amides is 1. The number of hydrogen-bond acceptors (Lipinski definition) is 3. The maximum atomic E-state index is 12.4. The molecule has 1 N–H and O–H groups in total. The third kappa shape index (κ3) is 3.71. The van der Waals surface area contributed by atoms with Gasteiger partial charge in [0.2, 0.25) is 0 Å². The maximum absolute atomic E-state index is 12.4. The molecule has 0 bridgehead atoms. The molecule has 0 aliphatic carbocycles. The Bertz CT molecular complexity index is 891. The molecule has 3 aromatic rings. The zero-order chi connectivity index (χ0) is 18.0. The van der Waals surface area contributed by atoms with Gasteiger partial charge in [0.15, 0.2) is 5.65 Å². The van der Waals surface area contributed by atoms with Crippen LogP contribution in [0.15, 0.2) is 36.5 Å². The van der Waals surface area contributed by atoms with Gasteiger partial charge in [-0.25, -0.2) is 9.97 Å². The SMILES string of the molecule is Cc1cc(C)cc(C(=O)NCCc2nc3cccnc3n2C(C)C)c1. The van der Waals surface area contributed by atoms with Crippen molar-refractivity contribution in [2.45, 2.75) is 40.2 Å². The Morgan fingerprint density at radius 2 is 1.92 bits per heavy atom. The first-order valence-electron chi connectivity index (χ1n) is 8.64. The molecular formula is C20H24N4O. The van der Waals surface area contributed by atoms with E-state index in [2.05, 4.69) is 39.8 Å². The van der Waals surface area contributed by atoms with Crippen LogP contribution in [-0.4, -0.2) is 27.0 Å². The summed E-state index contributed by atoms with van der Waals surface area (Å²) in [7, 11) is 0. The molecule has 0 radical (unpaired) electrons. The van der Waals surface area contributed by atoms with E-state index in [4.69, 9.17) is 0 Å². The van der Waals surface area contributed by atoms with Crippen LogP contribution in [0.2, 0.25) is 0 Å². The minimum atomic E-state index is -0.0443. The minimum Gasteiger partial charge on any atom is -0.352 e. The van der Waals surface area contributed by atoms with Gasteiger partial charge in [-0.2, -0.15) is 0 Å². The predicted octanol–water partition coefficient (Wildman–Crippen LogP) is 3.60.